The van der Waals surface area contributed by atoms with Crippen molar-refractivity contribution < 1.29 is 4.74 Å². The van der Waals surface area contributed by atoms with E-state index >= 15 is 0 Å². The van der Waals surface area contributed by atoms with Crippen LogP contribution in [0.3, 0.4) is 0 Å². The molecule has 0 amide bonds. The van der Waals surface area contributed by atoms with Gasteiger partial charge in [0.15, 0.2) is 0 Å². The van der Waals surface area contributed by atoms with Crippen molar-refractivity contribution in [3.63, 3.8) is 0 Å². The molecule has 0 spiro atoms. The Morgan fingerprint density at radius 3 is 2.36 bits per heavy atom. The van der Waals surface area contributed by atoms with Crippen LogP contribution in [0.1, 0.15) is 32.3 Å². The van der Waals surface area contributed by atoms with E-state index in [-0.39, 0.29) is 5.54 Å². The van der Waals surface area contributed by atoms with Crippen molar-refractivity contribution >= 4 is 5.69 Å². The van der Waals surface area contributed by atoms with Crippen molar-refractivity contribution in [2.75, 3.05) is 25.6 Å². The summed E-state index contributed by atoms with van der Waals surface area (Å²) in [6.07, 6.45) is 2.36. The lowest BCUT2D eigenvalue weighted by molar-refractivity contribution is 0.0926. The minimum Gasteiger partial charge on any atom is -0.497 e. The minimum absolute atomic E-state index is 0.227. The van der Waals surface area contributed by atoms with Crippen LogP contribution in [0.2, 0.25) is 0 Å². The molecule has 0 radical (unpaired) electrons. The minimum atomic E-state index is 0.227. The molecule has 3 rings (SSSR count). The summed E-state index contributed by atoms with van der Waals surface area (Å²) < 4.78 is 5.33. The van der Waals surface area contributed by atoms with Gasteiger partial charge >= 0.3 is 0 Å². The first kappa shape index (κ1) is 17.8. The second kappa shape index (κ2) is 7.49. The molecule has 1 aliphatic rings. The molecule has 1 heterocycles. The maximum atomic E-state index is 5.33. The Morgan fingerprint density at radius 2 is 1.76 bits per heavy atom. The van der Waals surface area contributed by atoms with Crippen molar-refractivity contribution in [2.45, 2.75) is 44.8 Å². The number of hydrogen-bond acceptors (Lipinski definition) is 3. The topological polar surface area (TPSA) is 15.7 Å². The summed E-state index contributed by atoms with van der Waals surface area (Å²) >= 11 is 0. The van der Waals surface area contributed by atoms with Gasteiger partial charge in [0, 0.05) is 30.4 Å². The predicted molar refractivity (Wildman–Crippen MR) is 105 cm³/mol. The molecular formula is C22H30N2O. The zero-order valence-electron chi connectivity index (χ0n) is 15.9. The fraction of sp³-hybridized carbons (Fsp3) is 0.455. The Labute approximate surface area is 152 Å². The third kappa shape index (κ3) is 4.16. The van der Waals surface area contributed by atoms with Gasteiger partial charge in [-0.2, -0.15) is 0 Å². The van der Waals surface area contributed by atoms with Crippen molar-refractivity contribution in [2.24, 2.45) is 0 Å². The van der Waals surface area contributed by atoms with Crippen LogP contribution in [0.25, 0.3) is 0 Å². The van der Waals surface area contributed by atoms with E-state index in [1.165, 1.54) is 24.1 Å². The van der Waals surface area contributed by atoms with Gasteiger partial charge in [-0.1, -0.05) is 30.3 Å². The standard InChI is InChI=1S/C22H30N2O/c1-22(2)16-20(14-15-23(22)3)24(17-18-8-6-5-7-9-18)19-10-12-21(25-4)13-11-19/h5-13,20H,14-17H2,1-4H3/t20-/m0/s1. The molecule has 1 fully saturated rings. The molecular weight excluding hydrogens is 308 g/mol. The lowest BCUT2D eigenvalue weighted by Crippen LogP contribution is -2.53. The molecule has 2 aromatic carbocycles. The number of rotatable bonds is 5. The highest BCUT2D eigenvalue weighted by molar-refractivity contribution is 5.50. The maximum Gasteiger partial charge on any atom is 0.119 e. The number of benzene rings is 2. The van der Waals surface area contributed by atoms with Crippen molar-refractivity contribution in [1.29, 1.82) is 0 Å². The Balaban J connectivity index is 1.88. The average Bonchev–Trinajstić information content (AvgIpc) is 2.63. The fourth-order valence-electron chi connectivity index (χ4n) is 3.73. The Hall–Kier alpha value is -2.00. The molecule has 3 heteroatoms. The van der Waals surface area contributed by atoms with Crippen LogP contribution in [-0.2, 0) is 6.54 Å². The molecule has 0 aromatic heterocycles. The monoisotopic (exact) mass is 338 g/mol. The molecule has 0 unspecified atom stereocenters. The molecule has 0 aliphatic carbocycles. The first-order valence-corrected chi connectivity index (χ1v) is 9.15. The van der Waals surface area contributed by atoms with Crippen LogP contribution in [0.4, 0.5) is 5.69 Å². The van der Waals surface area contributed by atoms with Gasteiger partial charge in [-0.15, -0.1) is 0 Å². The molecule has 3 nitrogen and oxygen atoms in total. The van der Waals surface area contributed by atoms with Crippen molar-refractivity contribution in [1.82, 2.24) is 4.90 Å². The van der Waals surface area contributed by atoms with Crippen LogP contribution in [-0.4, -0.2) is 37.2 Å². The van der Waals surface area contributed by atoms with Crippen LogP contribution in [0.15, 0.2) is 54.6 Å². The van der Waals surface area contributed by atoms with Gasteiger partial charge < -0.3 is 14.5 Å². The second-order valence-corrected chi connectivity index (χ2v) is 7.69. The second-order valence-electron chi connectivity index (χ2n) is 7.69. The fourth-order valence-corrected chi connectivity index (χ4v) is 3.73. The van der Waals surface area contributed by atoms with Crippen molar-refractivity contribution in [3.05, 3.63) is 60.2 Å². The SMILES string of the molecule is COc1ccc(N(Cc2ccccc2)[C@H]2CCN(C)C(C)(C)C2)cc1. The first-order chi connectivity index (χ1) is 12.0. The third-order valence-electron chi connectivity index (χ3n) is 5.61. The summed E-state index contributed by atoms with van der Waals surface area (Å²) in [7, 11) is 3.96. The molecule has 1 aliphatic heterocycles. The normalized spacial score (nSPS) is 20.2. The first-order valence-electron chi connectivity index (χ1n) is 9.15. The number of ether oxygens (including phenoxy) is 1. The van der Waals surface area contributed by atoms with Crippen LogP contribution in [0.5, 0.6) is 5.75 Å². The number of likely N-dealkylation sites (tertiary alicyclic amines) is 1. The maximum absolute atomic E-state index is 5.33. The van der Waals surface area contributed by atoms with Gasteiger partial charge in [-0.25, -0.2) is 0 Å². The highest BCUT2D eigenvalue weighted by Crippen LogP contribution is 2.33. The lowest BCUT2D eigenvalue weighted by Gasteiger charge is -2.47. The van der Waals surface area contributed by atoms with Crippen LogP contribution >= 0.6 is 0 Å². The van der Waals surface area contributed by atoms with Crippen LogP contribution in [0, 0.1) is 0 Å². The highest BCUT2D eigenvalue weighted by Gasteiger charge is 2.35. The van der Waals surface area contributed by atoms with E-state index in [0.29, 0.717) is 6.04 Å². The summed E-state index contributed by atoms with van der Waals surface area (Å²) in [5.41, 5.74) is 2.86. The Bertz CT molecular complexity index is 666. The molecule has 0 N–H and O–H groups in total. The van der Waals surface area contributed by atoms with Gasteiger partial charge in [0.25, 0.3) is 0 Å². The molecule has 0 bridgehead atoms. The Kier molecular flexibility index (Phi) is 5.33. The zero-order valence-corrected chi connectivity index (χ0v) is 15.9. The smallest absolute Gasteiger partial charge is 0.119 e. The molecule has 0 saturated carbocycles. The van der Waals surface area contributed by atoms with Gasteiger partial charge in [0.2, 0.25) is 0 Å². The van der Waals surface area contributed by atoms with Gasteiger partial charge in [-0.3, -0.25) is 0 Å². The van der Waals surface area contributed by atoms with E-state index in [1.54, 1.807) is 7.11 Å². The van der Waals surface area contributed by atoms with E-state index in [0.717, 1.165) is 18.8 Å². The summed E-state index contributed by atoms with van der Waals surface area (Å²) in [4.78, 5) is 5.06. The number of piperidine rings is 1. The molecule has 1 atom stereocenters. The van der Waals surface area contributed by atoms with E-state index in [2.05, 4.69) is 85.3 Å². The third-order valence-corrected chi connectivity index (χ3v) is 5.61. The molecule has 134 valence electrons. The predicted octanol–water partition coefficient (Wildman–Crippen LogP) is 4.57. The largest absolute Gasteiger partial charge is 0.497 e. The zero-order chi connectivity index (χ0) is 17.9. The van der Waals surface area contributed by atoms with E-state index in [4.69, 9.17) is 4.74 Å². The summed E-state index contributed by atoms with van der Waals surface area (Å²) in [5.74, 6) is 0.909. The quantitative estimate of drug-likeness (QED) is 0.794. The van der Waals surface area contributed by atoms with Gasteiger partial charge in [-0.05, 0) is 63.6 Å². The Morgan fingerprint density at radius 1 is 1.08 bits per heavy atom. The average molecular weight is 338 g/mol. The van der Waals surface area contributed by atoms with Crippen molar-refractivity contribution in [3.8, 4) is 5.75 Å². The lowest BCUT2D eigenvalue weighted by atomic mass is 9.86. The summed E-state index contributed by atoms with van der Waals surface area (Å²) in [5, 5.41) is 0. The van der Waals surface area contributed by atoms with Gasteiger partial charge in [0.05, 0.1) is 7.11 Å². The summed E-state index contributed by atoms with van der Waals surface area (Å²) in [6, 6.07) is 19.8. The van der Waals surface area contributed by atoms with E-state index in [1.807, 2.05) is 0 Å². The number of methoxy groups -OCH3 is 1. The summed E-state index contributed by atoms with van der Waals surface area (Å²) in [6.45, 7) is 6.79. The van der Waals surface area contributed by atoms with E-state index < -0.39 is 0 Å². The number of hydrogen-bond donors (Lipinski definition) is 0. The number of nitrogens with zero attached hydrogens (tertiary/aromatic N) is 2. The van der Waals surface area contributed by atoms with E-state index in [9.17, 15) is 0 Å². The van der Waals surface area contributed by atoms with Gasteiger partial charge in [0.1, 0.15) is 5.75 Å². The molecule has 2 aromatic rings. The highest BCUT2D eigenvalue weighted by atomic mass is 16.5. The molecule has 25 heavy (non-hydrogen) atoms. The van der Waals surface area contributed by atoms with Crippen LogP contribution < -0.4 is 9.64 Å². The number of anilines is 1. The molecule has 1 saturated heterocycles.